The maximum atomic E-state index is 12.9. The number of amides is 2. The standard InChI is InChI=1S/C19H22N2O5S/c1-3-20-17(22)11-21(4-2)18(23)14-7-5-6-8-16(14)27-12-15-13(19(24)25)9-10-26-15/h5-10H,3-4,11-12H2,1-2H3,(H,20,22)(H,24,25). The minimum Gasteiger partial charge on any atom is -0.478 e. The summed E-state index contributed by atoms with van der Waals surface area (Å²) in [5.41, 5.74) is 0.579. The number of nitrogens with zero attached hydrogens (tertiary/aromatic N) is 1. The lowest BCUT2D eigenvalue weighted by atomic mass is 10.2. The largest absolute Gasteiger partial charge is 0.478 e. The number of benzene rings is 1. The molecule has 0 aliphatic heterocycles. The molecule has 0 bridgehead atoms. The van der Waals surface area contributed by atoms with Crippen LogP contribution in [0.4, 0.5) is 0 Å². The van der Waals surface area contributed by atoms with E-state index in [0.29, 0.717) is 29.3 Å². The summed E-state index contributed by atoms with van der Waals surface area (Å²) in [6, 6.07) is 8.46. The van der Waals surface area contributed by atoms with Crippen LogP contribution in [0.1, 0.15) is 40.3 Å². The van der Waals surface area contributed by atoms with Crippen molar-refractivity contribution in [2.24, 2.45) is 0 Å². The van der Waals surface area contributed by atoms with Crippen molar-refractivity contribution in [3.63, 3.8) is 0 Å². The third-order valence-corrected chi connectivity index (χ3v) is 4.90. The van der Waals surface area contributed by atoms with Crippen molar-refractivity contribution in [2.75, 3.05) is 19.6 Å². The zero-order valence-corrected chi connectivity index (χ0v) is 16.0. The predicted molar refractivity (Wildman–Crippen MR) is 102 cm³/mol. The third-order valence-electron chi connectivity index (χ3n) is 3.83. The Balaban J connectivity index is 2.16. The molecule has 0 aliphatic rings. The molecule has 0 saturated carbocycles. The zero-order chi connectivity index (χ0) is 19.8. The van der Waals surface area contributed by atoms with Gasteiger partial charge in [0.15, 0.2) is 0 Å². The first-order valence-corrected chi connectivity index (χ1v) is 9.53. The number of carbonyl (C=O) groups excluding carboxylic acids is 2. The number of furan rings is 1. The van der Waals surface area contributed by atoms with Crippen LogP contribution in [0.15, 0.2) is 45.9 Å². The van der Waals surface area contributed by atoms with Gasteiger partial charge in [-0.05, 0) is 32.0 Å². The Morgan fingerprint density at radius 3 is 2.56 bits per heavy atom. The fourth-order valence-electron chi connectivity index (χ4n) is 2.48. The van der Waals surface area contributed by atoms with E-state index in [4.69, 9.17) is 9.52 Å². The Morgan fingerprint density at radius 2 is 1.89 bits per heavy atom. The zero-order valence-electron chi connectivity index (χ0n) is 15.2. The molecule has 0 saturated heterocycles. The number of hydrogen-bond donors (Lipinski definition) is 2. The molecule has 2 amide bonds. The molecule has 7 nitrogen and oxygen atoms in total. The lowest BCUT2D eigenvalue weighted by molar-refractivity contribution is -0.121. The van der Waals surface area contributed by atoms with Crippen molar-refractivity contribution < 1.29 is 23.9 Å². The van der Waals surface area contributed by atoms with Crippen LogP contribution in [0.2, 0.25) is 0 Å². The average Bonchev–Trinajstić information content (AvgIpc) is 3.13. The Morgan fingerprint density at radius 1 is 1.15 bits per heavy atom. The second-order valence-corrected chi connectivity index (χ2v) is 6.64. The molecular formula is C19H22N2O5S. The second kappa shape index (κ2) is 9.82. The molecule has 144 valence electrons. The van der Waals surface area contributed by atoms with Crippen molar-refractivity contribution in [1.29, 1.82) is 0 Å². The van der Waals surface area contributed by atoms with E-state index in [-0.39, 0.29) is 29.7 Å². The van der Waals surface area contributed by atoms with Gasteiger partial charge in [0.2, 0.25) is 5.91 Å². The van der Waals surface area contributed by atoms with E-state index >= 15 is 0 Å². The first-order chi connectivity index (χ1) is 13.0. The molecule has 0 atom stereocenters. The molecular weight excluding hydrogens is 368 g/mol. The van der Waals surface area contributed by atoms with Gasteiger partial charge in [0.05, 0.1) is 24.1 Å². The molecule has 1 aromatic heterocycles. The number of aromatic carboxylic acids is 1. The summed E-state index contributed by atoms with van der Waals surface area (Å²) >= 11 is 1.32. The van der Waals surface area contributed by atoms with E-state index in [1.165, 1.54) is 29.0 Å². The summed E-state index contributed by atoms with van der Waals surface area (Å²) in [6.07, 6.45) is 1.33. The van der Waals surface area contributed by atoms with Gasteiger partial charge in [-0.1, -0.05) is 12.1 Å². The Hall–Kier alpha value is -2.74. The lowest BCUT2D eigenvalue weighted by Gasteiger charge is -2.21. The van der Waals surface area contributed by atoms with Gasteiger partial charge in [-0.15, -0.1) is 11.8 Å². The first-order valence-electron chi connectivity index (χ1n) is 8.55. The topological polar surface area (TPSA) is 99.9 Å². The smallest absolute Gasteiger partial charge is 0.339 e. The molecule has 1 heterocycles. The number of nitrogens with one attached hydrogen (secondary N) is 1. The van der Waals surface area contributed by atoms with Gasteiger partial charge >= 0.3 is 5.97 Å². The minimum atomic E-state index is -1.05. The predicted octanol–water partition coefficient (Wildman–Crippen LogP) is 2.87. The fraction of sp³-hybridized carbons (Fsp3) is 0.316. The maximum absolute atomic E-state index is 12.9. The number of carboxylic acid groups (broad SMARTS) is 1. The van der Waals surface area contributed by atoms with Crippen molar-refractivity contribution in [2.45, 2.75) is 24.5 Å². The van der Waals surface area contributed by atoms with Crippen LogP contribution in [0.25, 0.3) is 0 Å². The van der Waals surface area contributed by atoms with Crippen LogP contribution in [0, 0.1) is 0 Å². The van der Waals surface area contributed by atoms with Gasteiger partial charge in [-0.25, -0.2) is 4.79 Å². The van der Waals surface area contributed by atoms with Crippen molar-refractivity contribution in [3.05, 3.63) is 53.5 Å². The van der Waals surface area contributed by atoms with Crippen LogP contribution < -0.4 is 5.32 Å². The van der Waals surface area contributed by atoms with E-state index in [2.05, 4.69) is 5.32 Å². The van der Waals surface area contributed by atoms with E-state index in [9.17, 15) is 14.4 Å². The molecule has 2 aromatic rings. The van der Waals surface area contributed by atoms with Crippen LogP contribution in [-0.4, -0.2) is 47.4 Å². The second-order valence-electron chi connectivity index (χ2n) is 5.62. The lowest BCUT2D eigenvalue weighted by Crippen LogP contribution is -2.40. The highest BCUT2D eigenvalue weighted by atomic mass is 32.2. The molecule has 27 heavy (non-hydrogen) atoms. The molecule has 0 fully saturated rings. The highest BCUT2D eigenvalue weighted by molar-refractivity contribution is 7.98. The molecule has 0 radical (unpaired) electrons. The number of rotatable bonds is 9. The number of likely N-dealkylation sites (N-methyl/N-ethyl adjacent to an activating group) is 2. The van der Waals surface area contributed by atoms with Gasteiger partial charge < -0.3 is 19.7 Å². The van der Waals surface area contributed by atoms with Gasteiger partial charge in [-0.2, -0.15) is 0 Å². The van der Waals surface area contributed by atoms with E-state index in [1.54, 1.807) is 24.3 Å². The van der Waals surface area contributed by atoms with Gasteiger partial charge in [0, 0.05) is 18.0 Å². The molecule has 0 aliphatic carbocycles. The summed E-state index contributed by atoms with van der Waals surface area (Å²) in [6.45, 7) is 4.53. The SMILES string of the molecule is CCNC(=O)CN(CC)C(=O)c1ccccc1SCc1occc1C(=O)O. The highest BCUT2D eigenvalue weighted by Crippen LogP contribution is 2.28. The Kier molecular flexibility index (Phi) is 7.48. The quantitative estimate of drug-likeness (QED) is 0.639. The van der Waals surface area contributed by atoms with Gasteiger partial charge in [0.1, 0.15) is 11.3 Å². The first kappa shape index (κ1) is 20.6. The normalized spacial score (nSPS) is 10.4. The fourth-order valence-corrected chi connectivity index (χ4v) is 3.48. The highest BCUT2D eigenvalue weighted by Gasteiger charge is 2.21. The van der Waals surface area contributed by atoms with Crippen molar-refractivity contribution in [3.8, 4) is 0 Å². The molecule has 1 aromatic carbocycles. The number of carbonyl (C=O) groups is 3. The van der Waals surface area contributed by atoms with Gasteiger partial charge in [0.25, 0.3) is 5.91 Å². The summed E-state index contributed by atoms with van der Waals surface area (Å²) in [5.74, 6) is -0.891. The van der Waals surface area contributed by atoms with E-state index in [0.717, 1.165) is 0 Å². The molecule has 8 heteroatoms. The Bertz CT molecular complexity index is 818. The van der Waals surface area contributed by atoms with E-state index in [1.807, 2.05) is 13.8 Å². The monoisotopic (exact) mass is 390 g/mol. The summed E-state index contributed by atoms with van der Waals surface area (Å²) in [7, 11) is 0. The summed E-state index contributed by atoms with van der Waals surface area (Å²) < 4.78 is 5.25. The maximum Gasteiger partial charge on any atom is 0.339 e. The Labute approximate surface area is 161 Å². The molecule has 0 spiro atoms. The minimum absolute atomic E-state index is 0.0104. The van der Waals surface area contributed by atoms with Crippen LogP contribution in [0.3, 0.4) is 0 Å². The number of carboxylic acids is 1. The van der Waals surface area contributed by atoms with E-state index < -0.39 is 5.97 Å². The van der Waals surface area contributed by atoms with Crippen LogP contribution in [-0.2, 0) is 10.5 Å². The molecule has 0 unspecified atom stereocenters. The summed E-state index contributed by atoms with van der Waals surface area (Å²) in [4.78, 5) is 38.1. The third kappa shape index (κ3) is 5.37. The van der Waals surface area contributed by atoms with Crippen LogP contribution in [0.5, 0.6) is 0 Å². The number of thioether (sulfide) groups is 1. The van der Waals surface area contributed by atoms with Crippen molar-refractivity contribution >= 4 is 29.5 Å². The molecule has 2 rings (SSSR count). The average molecular weight is 390 g/mol. The summed E-state index contributed by atoms with van der Waals surface area (Å²) in [5, 5.41) is 11.8. The number of hydrogen-bond acceptors (Lipinski definition) is 5. The van der Waals surface area contributed by atoms with Gasteiger partial charge in [-0.3, -0.25) is 9.59 Å². The molecule has 2 N–H and O–H groups in total. The van der Waals surface area contributed by atoms with Crippen molar-refractivity contribution in [1.82, 2.24) is 10.2 Å². The van der Waals surface area contributed by atoms with Crippen LogP contribution >= 0.6 is 11.8 Å².